The van der Waals surface area contributed by atoms with Gasteiger partial charge in [0, 0.05) is 19.4 Å². The van der Waals surface area contributed by atoms with Crippen LogP contribution in [0.2, 0.25) is 0 Å². The summed E-state index contributed by atoms with van der Waals surface area (Å²) >= 11 is 1.41. The molecule has 2 rings (SSSR count). The van der Waals surface area contributed by atoms with Gasteiger partial charge in [-0.3, -0.25) is 4.79 Å². The lowest BCUT2D eigenvalue weighted by molar-refractivity contribution is -0.116. The molecule has 6 heteroatoms. The van der Waals surface area contributed by atoms with Crippen LogP contribution in [0.4, 0.5) is 5.13 Å². The predicted molar refractivity (Wildman–Crippen MR) is 76.1 cm³/mol. The number of nitrogens with one attached hydrogen (secondary N) is 1. The van der Waals surface area contributed by atoms with Crippen molar-refractivity contribution in [2.24, 2.45) is 5.73 Å². The van der Waals surface area contributed by atoms with E-state index in [9.17, 15) is 4.79 Å². The molecule has 1 aromatic heterocycles. The summed E-state index contributed by atoms with van der Waals surface area (Å²) in [6, 6.07) is 10.2. The van der Waals surface area contributed by atoms with Crippen molar-refractivity contribution < 1.29 is 4.79 Å². The van der Waals surface area contributed by atoms with Crippen molar-refractivity contribution >= 4 is 22.4 Å². The van der Waals surface area contributed by atoms with E-state index in [1.807, 2.05) is 18.2 Å². The molecule has 1 heterocycles. The van der Waals surface area contributed by atoms with Crippen LogP contribution >= 0.6 is 11.3 Å². The fourth-order valence-electron chi connectivity index (χ4n) is 1.61. The van der Waals surface area contributed by atoms with Gasteiger partial charge in [-0.2, -0.15) is 0 Å². The van der Waals surface area contributed by atoms with Crippen LogP contribution in [0.25, 0.3) is 0 Å². The molecule has 0 saturated carbocycles. The summed E-state index contributed by atoms with van der Waals surface area (Å²) in [7, 11) is 0. The Morgan fingerprint density at radius 3 is 2.74 bits per heavy atom. The highest BCUT2D eigenvalue weighted by Crippen LogP contribution is 2.17. The van der Waals surface area contributed by atoms with Crippen molar-refractivity contribution in [1.82, 2.24) is 10.2 Å². The summed E-state index contributed by atoms with van der Waals surface area (Å²) in [5.74, 6) is -0.117. The Morgan fingerprint density at radius 1 is 1.21 bits per heavy atom. The molecule has 0 atom stereocenters. The highest BCUT2D eigenvalue weighted by Gasteiger charge is 2.07. The normalized spacial score (nSPS) is 10.4. The molecular formula is C13H16N4OS. The fourth-order valence-corrected chi connectivity index (χ4v) is 2.37. The van der Waals surface area contributed by atoms with Gasteiger partial charge in [-0.1, -0.05) is 41.7 Å². The summed E-state index contributed by atoms with van der Waals surface area (Å²) < 4.78 is 0. The third kappa shape index (κ3) is 4.42. The third-order valence-electron chi connectivity index (χ3n) is 2.55. The van der Waals surface area contributed by atoms with E-state index in [0.717, 1.165) is 17.8 Å². The standard InChI is InChI=1S/C13H16N4OS/c14-9-8-11(18)15-13-17-16-12(19-13)7-6-10-4-2-1-3-5-10/h1-5H,6-9,14H2,(H,15,17,18). The molecule has 19 heavy (non-hydrogen) atoms. The zero-order chi connectivity index (χ0) is 13.5. The molecule has 1 aromatic carbocycles. The highest BCUT2D eigenvalue weighted by molar-refractivity contribution is 7.15. The van der Waals surface area contributed by atoms with Crippen molar-refractivity contribution in [3.8, 4) is 0 Å². The van der Waals surface area contributed by atoms with Crippen LogP contribution in [0, 0.1) is 0 Å². The average Bonchev–Trinajstić information content (AvgIpc) is 2.85. The number of carbonyl (C=O) groups is 1. The second kappa shape index (κ2) is 6.96. The van der Waals surface area contributed by atoms with Gasteiger partial charge in [0.15, 0.2) is 0 Å². The monoisotopic (exact) mass is 276 g/mol. The topological polar surface area (TPSA) is 80.9 Å². The molecule has 0 aliphatic heterocycles. The number of hydrogen-bond acceptors (Lipinski definition) is 5. The minimum absolute atomic E-state index is 0.117. The first-order valence-corrected chi connectivity index (χ1v) is 6.96. The summed E-state index contributed by atoms with van der Waals surface area (Å²) in [4.78, 5) is 11.3. The SMILES string of the molecule is NCCC(=O)Nc1nnc(CCc2ccccc2)s1. The van der Waals surface area contributed by atoms with Gasteiger partial charge < -0.3 is 11.1 Å². The number of anilines is 1. The molecule has 0 saturated heterocycles. The van der Waals surface area contributed by atoms with Crippen LogP contribution in [0.15, 0.2) is 30.3 Å². The summed E-state index contributed by atoms with van der Waals surface area (Å²) in [5, 5.41) is 12.2. The Kier molecular flexibility index (Phi) is 5.00. The van der Waals surface area contributed by atoms with Crippen molar-refractivity contribution in [1.29, 1.82) is 0 Å². The van der Waals surface area contributed by atoms with Crippen molar-refractivity contribution in [3.63, 3.8) is 0 Å². The first-order valence-electron chi connectivity index (χ1n) is 6.14. The molecule has 1 amide bonds. The number of hydrogen-bond donors (Lipinski definition) is 2. The molecule has 5 nitrogen and oxygen atoms in total. The molecule has 0 fully saturated rings. The maximum Gasteiger partial charge on any atom is 0.227 e. The number of aromatic nitrogens is 2. The maximum atomic E-state index is 11.3. The Labute approximate surface area is 115 Å². The molecule has 2 aromatic rings. The Morgan fingerprint density at radius 2 is 2.00 bits per heavy atom. The van der Waals surface area contributed by atoms with Gasteiger partial charge in [-0.15, -0.1) is 10.2 Å². The number of aryl methyl sites for hydroxylation is 2. The van der Waals surface area contributed by atoms with Crippen LogP contribution < -0.4 is 11.1 Å². The summed E-state index contributed by atoms with van der Waals surface area (Å²) in [5.41, 5.74) is 6.58. The lowest BCUT2D eigenvalue weighted by atomic mass is 10.1. The van der Waals surface area contributed by atoms with Crippen molar-refractivity contribution in [3.05, 3.63) is 40.9 Å². The van der Waals surface area contributed by atoms with Crippen molar-refractivity contribution in [2.75, 3.05) is 11.9 Å². The minimum atomic E-state index is -0.117. The molecule has 0 aliphatic rings. The van der Waals surface area contributed by atoms with E-state index in [4.69, 9.17) is 5.73 Å². The quantitative estimate of drug-likeness (QED) is 0.840. The number of rotatable bonds is 6. The van der Waals surface area contributed by atoms with Crippen LogP contribution in [0.1, 0.15) is 17.0 Å². The van der Waals surface area contributed by atoms with Gasteiger partial charge in [0.05, 0.1) is 0 Å². The second-order valence-corrected chi connectivity index (χ2v) is 5.14. The fraction of sp³-hybridized carbons (Fsp3) is 0.308. The van der Waals surface area contributed by atoms with Crippen LogP contribution in [0.5, 0.6) is 0 Å². The first-order chi connectivity index (χ1) is 9.28. The zero-order valence-corrected chi connectivity index (χ0v) is 11.3. The number of nitrogens with two attached hydrogens (primary N) is 1. The minimum Gasteiger partial charge on any atom is -0.330 e. The molecule has 3 N–H and O–H groups in total. The van der Waals surface area contributed by atoms with Gasteiger partial charge in [-0.25, -0.2) is 0 Å². The lowest BCUT2D eigenvalue weighted by Crippen LogP contribution is -2.15. The lowest BCUT2D eigenvalue weighted by Gasteiger charge is -1.98. The van der Waals surface area contributed by atoms with Gasteiger partial charge in [0.25, 0.3) is 0 Å². The number of carbonyl (C=O) groups excluding carboxylic acids is 1. The smallest absolute Gasteiger partial charge is 0.227 e. The zero-order valence-electron chi connectivity index (χ0n) is 10.5. The summed E-state index contributed by atoms with van der Waals surface area (Å²) in [6.45, 7) is 0.339. The largest absolute Gasteiger partial charge is 0.330 e. The average molecular weight is 276 g/mol. The number of nitrogens with zero attached hydrogens (tertiary/aromatic N) is 2. The Bertz CT molecular complexity index is 526. The Hall–Kier alpha value is -1.79. The molecule has 0 spiro atoms. The maximum absolute atomic E-state index is 11.3. The van der Waals surface area contributed by atoms with E-state index in [2.05, 4.69) is 27.6 Å². The van der Waals surface area contributed by atoms with E-state index in [0.29, 0.717) is 18.1 Å². The molecular weight excluding hydrogens is 260 g/mol. The summed E-state index contributed by atoms with van der Waals surface area (Å²) in [6.07, 6.45) is 2.06. The van der Waals surface area contributed by atoms with E-state index in [1.165, 1.54) is 16.9 Å². The van der Waals surface area contributed by atoms with Gasteiger partial charge in [-0.05, 0) is 12.0 Å². The van der Waals surface area contributed by atoms with Crippen LogP contribution in [-0.4, -0.2) is 22.6 Å². The molecule has 0 bridgehead atoms. The van der Waals surface area contributed by atoms with E-state index in [-0.39, 0.29) is 5.91 Å². The van der Waals surface area contributed by atoms with Crippen LogP contribution in [-0.2, 0) is 17.6 Å². The predicted octanol–water partition coefficient (Wildman–Crippen LogP) is 1.61. The number of amides is 1. The third-order valence-corrected chi connectivity index (χ3v) is 3.45. The van der Waals surface area contributed by atoms with Gasteiger partial charge in [0.2, 0.25) is 11.0 Å². The van der Waals surface area contributed by atoms with Gasteiger partial charge >= 0.3 is 0 Å². The highest BCUT2D eigenvalue weighted by atomic mass is 32.1. The van der Waals surface area contributed by atoms with Gasteiger partial charge in [0.1, 0.15) is 5.01 Å². The first kappa shape index (κ1) is 13.6. The van der Waals surface area contributed by atoms with E-state index < -0.39 is 0 Å². The molecule has 100 valence electrons. The molecule has 0 unspecified atom stereocenters. The van der Waals surface area contributed by atoms with Crippen LogP contribution in [0.3, 0.4) is 0 Å². The Balaban J connectivity index is 1.85. The van der Waals surface area contributed by atoms with E-state index >= 15 is 0 Å². The molecule has 0 radical (unpaired) electrons. The van der Waals surface area contributed by atoms with Crippen molar-refractivity contribution in [2.45, 2.75) is 19.3 Å². The second-order valence-electron chi connectivity index (χ2n) is 4.07. The van der Waals surface area contributed by atoms with E-state index in [1.54, 1.807) is 0 Å². The molecule has 0 aliphatic carbocycles. The number of benzene rings is 1.